The summed E-state index contributed by atoms with van der Waals surface area (Å²) in [5.74, 6) is 1.27. The van der Waals surface area contributed by atoms with Crippen LogP contribution >= 0.6 is 0 Å². The third kappa shape index (κ3) is 4.15. The predicted molar refractivity (Wildman–Crippen MR) is 78.0 cm³/mol. The van der Waals surface area contributed by atoms with Gasteiger partial charge in [-0.2, -0.15) is 4.98 Å². The second kappa shape index (κ2) is 6.67. The van der Waals surface area contributed by atoms with Crippen molar-refractivity contribution >= 4 is 17.4 Å². The van der Waals surface area contributed by atoms with Gasteiger partial charge in [-0.05, 0) is 12.1 Å². The molecule has 0 spiro atoms. The summed E-state index contributed by atoms with van der Waals surface area (Å²) in [5, 5.41) is 2.68. The van der Waals surface area contributed by atoms with E-state index in [1.165, 1.54) is 13.0 Å². The number of nitrogens with zero attached hydrogens (tertiary/aromatic N) is 2. The molecule has 0 atom stereocenters. The molecule has 0 aliphatic rings. The summed E-state index contributed by atoms with van der Waals surface area (Å²) in [5.41, 5.74) is 6.26. The highest BCUT2D eigenvalue weighted by atomic mass is 16.5. The molecule has 21 heavy (non-hydrogen) atoms. The Hall–Kier alpha value is -2.67. The van der Waals surface area contributed by atoms with Crippen LogP contribution in [0.1, 0.15) is 12.7 Å². The second-order valence-electron chi connectivity index (χ2n) is 4.26. The summed E-state index contributed by atoms with van der Waals surface area (Å²) in [4.78, 5) is 19.4. The maximum atomic E-state index is 11.2. The van der Waals surface area contributed by atoms with E-state index in [2.05, 4.69) is 15.3 Å². The third-order valence-electron chi connectivity index (χ3n) is 2.45. The largest absolute Gasteiger partial charge is 0.437 e. The van der Waals surface area contributed by atoms with E-state index < -0.39 is 0 Å². The SMILES string of the molecule is COCc1nc(N)cc(Oc2ccccc2NC(C)=O)n1. The van der Waals surface area contributed by atoms with Crippen molar-refractivity contribution in [3.8, 4) is 11.6 Å². The Bertz CT molecular complexity index is 646. The fraction of sp³-hybridized carbons (Fsp3) is 0.214. The normalized spacial score (nSPS) is 10.2. The number of benzene rings is 1. The van der Waals surface area contributed by atoms with E-state index in [1.54, 1.807) is 31.4 Å². The minimum absolute atomic E-state index is 0.187. The summed E-state index contributed by atoms with van der Waals surface area (Å²) < 4.78 is 10.6. The first-order chi connectivity index (χ1) is 10.1. The van der Waals surface area contributed by atoms with Crippen molar-refractivity contribution in [2.45, 2.75) is 13.5 Å². The summed E-state index contributed by atoms with van der Waals surface area (Å²) in [6.45, 7) is 1.66. The van der Waals surface area contributed by atoms with Crippen LogP contribution in [0.2, 0.25) is 0 Å². The monoisotopic (exact) mass is 288 g/mol. The Morgan fingerprint density at radius 3 is 2.81 bits per heavy atom. The van der Waals surface area contributed by atoms with Gasteiger partial charge >= 0.3 is 0 Å². The molecule has 7 nitrogen and oxygen atoms in total. The molecule has 2 aromatic rings. The van der Waals surface area contributed by atoms with Gasteiger partial charge in [-0.3, -0.25) is 4.79 Å². The molecule has 0 saturated carbocycles. The van der Waals surface area contributed by atoms with Crippen molar-refractivity contribution in [3.63, 3.8) is 0 Å². The van der Waals surface area contributed by atoms with Crippen LogP contribution in [0.4, 0.5) is 11.5 Å². The molecule has 2 rings (SSSR count). The molecule has 0 radical (unpaired) electrons. The van der Waals surface area contributed by atoms with E-state index in [4.69, 9.17) is 15.2 Å². The van der Waals surface area contributed by atoms with E-state index in [-0.39, 0.29) is 24.2 Å². The Balaban J connectivity index is 2.27. The summed E-state index contributed by atoms with van der Waals surface area (Å²) in [7, 11) is 1.54. The first-order valence-electron chi connectivity index (χ1n) is 6.25. The number of hydrogen-bond donors (Lipinski definition) is 2. The summed E-state index contributed by atoms with van der Waals surface area (Å²) in [6, 6.07) is 8.55. The third-order valence-corrected chi connectivity index (χ3v) is 2.45. The Morgan fingerprint density at radius 1 is 1.33 bits per heavy atom. The molecule has 0 aliphatic heterocycles. The number of ether oxygens (including phenoxy) is 2. The van der Waals surface area contributed by atoms with Crippen molar-refractivity contribution in [1.82, 2.24) is 9.97 Å². The van der Waals surface area contributed by atoms with Crippen LogP contribution in [0.25, 0.3) is 0 Å². The lowest BCUT2D eigenvalue weighted by Gasteiger charge is -2.11. The van der Waals surface area contributed by atoms with E-state index >= 15 is 0 Å². The van der Waals surface area contributed by atoms with Crippen molar-refractivity contribution in [3.05, 3.63) is 36.2 Å². The van der Waals surface area contributed by atoms with Crippen LogP contribution < -0.4 is 15.8 Å². The van der Waals surface area contributed by atoms with Gasteiger partial charge in [0.15, 0.2) is 11.6 Å². The molecule has 0 bridgehead atoms. The smallest absolute Gasteiger partial charge is 0.224 e. The van der Waals surface area contributed by atoms with Gasteiger partial charge in [0.25, 0.3) is 0 Å². The van der Waals surface area contributed by atoms with Gasteiger partial charge < -0.3 is 20.5 Å². The number of methoxy groups -OCH3 is 1. The van der Waals surface area contributed by atoms with Crippen molar-refractivity contribution in [2.75, 3.05) is 18.2 Å². The van der Waals surface area contributed by atoms with Crippen LogP contribution in [-0.4, -0.2) is 23.0 Å². The maximum Gasteiger partial charge on any atom is 0.224 e. The number of hydrogen-bond acceptors (Lipinski definition) is 6. The number of rotatable bonds is 5. The summed E-state index contributed by atoms with van der Waals surface area (Å²) in [6.07, 6.45) is 0. The van der Waals surface area contributed by atoms with Gasteiger partial charge in [-0.15, -0.1) is 0 Å². The minimum atomic E-state index is -0.187. The Labute approximate surface area is 122 Å². The van der Waals surface area contributed by atoms with Gasteiger partial charge in [0.1, 0.15) is 12.4 Å². The van der Waals surface area contributed by atoms with Crippen molar-refractivity contribution < 1.29 is 14.3 Å². The lowest BCUT2D eigenvalue weighted by Crippen LogP contribution is -2.07. The fourth-order valence-corrected chi connectivity index (χ4v) is 1.70. The number of para-hydroxylation sites is 2. The van der Waals surface area contributed by atoms with E-state index in [1.807, 2.05) is 0 Å². The van der Waals surface area contributed by atoms with Crippen LogP contribution in [0.15, 0.2) is 30.3 Å². The molecule has 3 N–H and O–H groups in total. The highest BCUT2D eigenvalue weighted by Gasteiger charge is 2.09. The van der Waals surface area contributed by atoms with Gasteiger partial charge in [-0.25, -0.2) is 4.98 Å². The number of amides is 1. The maximum absolute atomic E-state index is 11.2. The molecule has 1 heterocycles. The van der Waals surface area contributed by atoms with Crippen LogP contribution in [0, 0.1) is 0 Å². The van der Waals surface area contributed by atoms with Gasteiger partial charge in [0, 0.05) is 20.1 Å². The molecule has 7 heteroatoms. The zero-order valence-corrected chi connectivity index (χ0v) is 11.8. The fourth-order valence-electron chi connectivity index (χ4n) is 1.70. The predicted octanol–water partition coefficient (Wildman–Crippen LogP) is 1.96. The minimum Gasteiger partial charge on any atom is -0.437 e. The average molecular weight is 288 g/mol. The molecular weight excluding hydrogens is 272 g/mol. The number of anilines is 2. The van der Waals surface area contributed by atoms with Crippen LogP contribution in [0.3, 0.4) is 0 Å². The van der Waals surface area contributed by atoms with E-state index in [9.17, 15) is 4.79 Å². The zero-order valence-electron chi connectivity index (χ0n) is 11.8. The molecule has 110 valence electrons. The molecule has 1 aromatic carbocycles. The standard InChI is InChI=1S/C14H16N4O3/c1-9(19)16-10-5-3-4-6-11(10)21-14-7-12(15)17-13(18-14)8-20-2/h3-7H,8H2,1-2H3,(H,16,19)(H2,15,17,18). The average Bonchev–Trinajstić information content (AvgIpc) is 2.40. The first-order valence-corrected chi connectivity index (χ1v) is 6.25. The highest BCUT2D eigenvalue weighted by Crippen LogP contribution is 2.28. The number of carbonyl (C=O) groups is 1. The lowest BCUT2D eigenvalue weighted by atomic mass is 10.3. The topological polar surface area (TPSA) is 99.4 Å². The number of nitrogen functional groups attached to an aromatic ring is 1. The quantitative estimate of drug-likeness (QED) is 0.872. The highest BCUT2D eigenvalue weighted by molar-refractivity contribution is 5.90. The Kier molecular flexibility index (Phi) is 4.68. The van der Waals surface area contributed by atoms with E-state index in [0.29, 0.717) is 17.3 Å². The van der Waals surface area contributed by atoms with Crippen LogP contribution in [0.5, 0.6) is 11.6 Å². The lowest BCUT2D eigenvalue weighted by molar-refractivity contribution is -0.114. The second-order valence-corrected chi connectivity index (χ2v) is 4.26. The van der Waals surface area contributed by atoms with Crippen molar-refractivity contribution in [1.29, 1.82) is 0 Å². The molecule has 0 fully saturated rings. The van der Waals surface area contributed by atoms with Gasteiger partial charge in [-0.1, -0.05) is 12.1 Å². The first kappa shape index (κ1) is 14.7. The Morgan fingerprint density at radius 2 is 2.10 bits per heavy atom. The van der Waals surface area contributed by atoms with Crippen molar-refractivity contribution in [2.24, 2.45) is 0 Å². The number of carbonyl (C=O) groups excluding carboxylic acids is 1. The molecule has 0 unspecified atom stereocenters. The zero-order chi connectivity index (χ0) is 15.2. The number of aromatic nitrogens is 2. The molecule has 1 amide bonds. The number of nitrogens with two attached hydrogens (primary N) is 1. The molecule has 0 aliphatic carbocycles. The summed E-state index contributed by atoms with van der Waals surface area (Å²) >= 11 is 0. The van der Waals surface area contributed by atoms with E-state index in [0.717, 1.165) is 0 Å². The molecule has 0 saturated heterocycles. The molecular formula is C14H16N4O3. The number of nitrogens with one attached hydrogen (secondary N) is 1. The van der Waals surface area contributed by atoms with Crippen LogP contribution in [-0.2, 0) is 16.1 Å². The van der Waals surface area contributed by atoms with Gasteiger partial charge in [0.2, 0.25) is 11.8 Å². The molecule has 1 aromatic heterocycles. The van der Waals surface area contributed by atoms with Gasteiger partial charge in [0.05, 0.1) is 5.69 Å².